The highest BCUT2D eigenvalue weighted by molar-refractivity contribution is 7.82. The molecule has 0 saturated carbocycles. The summed E-state index contributed by atoms with van der Waals surface area (Å²) in [6.07, 6.45) is 3.93. The van der Waals surface area contributed by atoms with Gasteiger partial charge in [-0.15, -0.1) is 0 Å². The number of carbonyl (C=O) groups is 1. The second kappa shape index (κ2) is 11.3. The number of hydrogen-bond donors (Lipinski definition) is 1. The van der Waals surface area contributed by atoms with E-state index in [0.29, 0.717) is 6.54 Å². The molecule has 0 radical (unpaired) electrons. The van der Waals surface area contributed by atoms with Crippen LogP contribution in [-0.2, 0) is 15.8 Å². The van der Waals surface area contributed by atoms with Crippen molar-refractivity contribution in [1.82, 2.24) is 9.29 Å². The second-order valence-electron chi connectivity index (χ2n) is 8.44. The summed E-state index contributed by atoms with van der Waals surface area (Å²) in [4.78, 5) is 22.0. The predicted octanol–water partition coefficient (Wildman–Crippen LogP) is 3.70. The molecule has 1 aromatic heterocycles. The Morgan fingerprint density at radius 2 is 1.47 bits per heavy atom. The first-order chi connectivity index (χ1) is 16.5. The standard InChI is InChI=1S/C26H31N5O2S/c1-21-3-9-25(10-4-21)34(33)29(2)16-13-26(32)28-22-5-7-23(8-6-22)30-17-19-31(20-18-30)24-11-14-27-15-12-24/h3-12,14-15H,13,16-20H2,1-2H3,(H,28,32). The van der Waals surface area contributed by atoms with Crippen LogP contribution in [0.4, 0.5) is 17.1 Å². The van der Waals surface area contributed by atoms with Crippen LogP contribution in [0.1, 0.15) is 12.0 Å². The minimum absolute atomic E-state index is 0.0912. The number of rotatable bonds is 8. The van der Waals surface area contributed by atoms with Crippen molar-refractivity contribution in [2.75, 3.05) is 54.9 Å². The molecule has 1 aliphatic heterocycles. The Balaban J connectivity index is 1.23. The molecule has 0 aliphatic carbocycles. The van der Waals surface area contributed by atoms with Gasteiger partial charge in [0.15, 0.2) is 0 Å². The van der Waals surface area contributed by atoms with Gasteiger partial charge in [-0.2, -0.15) is 0 Å². The average molecular weight is 478 g/mol. The first-order valence-electron chi connectivity index (χ1n) is 11.5. The Kier molecular flexibility index (Phi) is 7.92. The molecule has 1 saturated heterocycles. The van der Waals surface area contributed by atoms with Crippen molar-refractivity contribution in [3.8, 4) is 0 Å². The smallest absolute Gasteiger partial charge is 0.225 e. The van der Waals surface area contributed by atoms with E-state index in [9.17, 15) is 9.00 Å². The second-order valence-corrected chi connectivity index (χ2v) is 10.0. The Labute approximate surface area is 204 Å². The van der Waals surface area contributed by atoms with Crippen molar-refractivity contribution in [3.05, 3.63) is 78.6 Å². The Morgan fingerprint density at radius 3 is 2.06 bits per heavy atom. The lowest BCUT2D eigenvalue weighted by atomic mass is 10.2. The van der Waals surface area contributed by atoms with Gasteiger partial charge >= 0.3 is 0 Å². The van der Waals surface area contributed by atoms with Crippen LogP contribution in [0.2, 0.25) is 0 Å². The van der Waals surface area contributed by atoms with E-state index in [-0.39, 0.29) is 12.3 Å². The number of nitrogens with zero attached hydrogens (tertiary/aromatic N) is 4. The monoisotopic (exact) mass is 477 g/mol. The fourth-order valence-corrected chi connectivity index (χ4v) is 4.92. The lowest BCUT2D eigenvalue weighted by Gasteiger charge is -2.37. The molecular weight excluding hydrogens is 446 g/mol. The zero-order valence-corrected chi connectivity index (χ0v) is 20.5. The van der Waals surface area contributed by atoms with Gasteiger partial charge < -0.3 is 15.1 Å². The fraction of sp³-hybridized carbons (Fsp3) is 0.308. The Hall–Kier alpha value is -3.23. The summed E-state index contributed by atoms with van der Waals surface area (Å²) in [5.41, 5.74) is 4.26. The van der Waals surface area contributed by atoms with Crippen LogP contribution in [0.5, 0.6) is 0 Å². The molecule has 7 nitrogen and oxygen atoms in total. The molecule has 1 N–H and O–H groups in total. The summed E-state index contributed by atoms with van der Waals surface area (Å²) >= 11 is 0. The van der Waals surface area contributed by atoms with Gasteiger partial charge in [0.2, 0.25) is 5.91 Å². The summed E-state index contributed by atoms with van der Waals surface area (Å²) in [7, 11) is 0.491. The molecule has 1 fully saturated rings. The number of aromatic nitrogens is 1. The first kappa shape index (κ1) is 23.9. The van der Waals surface area contributed by atoms with Crippen molar-refractivity contribution < 1.29 is 9.00 Å². The van der Waals surface area contributed by atoms with Crippen molar-refractivity contribution in [3.63, 3.8) is 0 Å². The summed E-state index contributed by atoms with van der Waals surface area (Å²) in [5, 5.41) is 2.94. The summed E-state index contributed by atoms with van der Waals surface area (Å²) in [5.74, 6) is -0.0912. The van der Waals surface area contributed by atoms with Gasteiger partial charge in [-0.25, -0.2) is 8.51 Å². The van der Waals surface area contributed by atoms with E-state index in [1.807, 2.05) is 67.8 Å². The van der Waals surface area contributed by atoms with Crippen LogP contribution in [0.15, 0.2) is 78.0 Å². The third kappa shape index (κ3) is 6.21. The predicted molar refractivity (Wildman–Crippen MR) is 139 cm³/mol. The van der Waals surface area contributed by atoms with E-state index in [1.54, 1.807) is 11.4 Å². The average Bonchev–Trinajstić information content (AvgIpc) is 2.88. The maximum atomic E-state index is 12.6. The molecule has 1 aliphatic rings. The Bertz CT molecular complexity index is 1100. The quantitative estimate of drug-likeness (QED) is 0.536. The number of benzene rings is 2. The molecule has 1 unspecified atom stereocenters. The largest absolute Gasteiger partial charge is 0.368 e. The molecule has 8 heteroatoms. The van der Waals surface area contributed by atoms with Crippen molar-refractivity contribution in [1.29, 1.82) is 0 Å². The number of pyridine rings is 1. The number of aryl methyl sites for hydroxylation is 1. The SMILES string of the molecule is Cc1ccc(S(=O)N(C)CCC(=O)Nc2ccc(N3CCN(c4ccncc4)CC3)cc2)cc1. The van der Waals surface area contributed by atoms with Crippen LogP contribution in [-0.4, -0.2) is 59.2 Å². The van der Waals surface area contributed by atoms with E-state index in [0.717, 1.165) is 48.0 Å². The summed E-state index contributed by atoms with van der Waals surface area (Å²) in [6, 6.07) is 19.7. The van der Waals surface area contributed by atoms with Gasteiger partial charge in [0, 0.05) is 75.6 Å². The number of nitrogens with one attached hydrogen (secondary N) is 1. The van der Waals surface area contributed by atoms with Gasteiger partial charge in [0.25, 0.3) is 0 Å². The van der Waals surface area contributed by atoms with Gasteiger partial charge in [-0.05, 0) is 55.5 Å². The number of carbonyl (C=O) groups excluding carboxylic acids is 1. The van der Waals surface area contributed by atoms with E-state index in [2.05, 4.69) is 32.2 Å². The highest BCUT2D eigenvalue weighted by Gasteiger charge is 2.18. The molecule has 1 atom stereocenters. The molecule has 0 spiro atoms. The maximum Gasteiger partial charge on any atom is 0.225 e. The molecule has 0 bridgehead atoms. The van der Waals surface area contributed by atoms with Crippen LogP contribution >= 0.6 is 0 Å². The third-order valence-corrected chi connectivity index (χ3v) is 7.41. The molecule has 3 aromatic rings. The van der Waals surface area contributed by atoms with Gasteiger partial charge in [-0.3, -0.25) is 9.78 Å². The van der Waals surface area contributed by atoms with Crippen molar-refractivity contribution in [2.45, 2.75) is 18.2 Å². The van der Waals surface area contributed by atoms with Crippen LogP contribution < -0.4 is 15.1 Å². The number of piperazine rings is 1. The van der Waals surface area contributed by atoms with Crippen molar-refractivity contribution >= 4 is 34.0 Å². The summed E-state index contributed by atoms with van der Waals surface area (Å²) < 4.78 is 14.3. The zero-order chi connectivity index (χ0) is 23.9. The maximum absolute atomic E-state index is 12.6. The van der Waals surface area contributed by atoms with E-state index < -0.39 is 11.0 Å². The third-order valence-electron chi connectivity index (χ3n) is 5.98. The lowest BCUT2D eigenvalue weighted by Crippen LogP contribution is -2.46. The van der Waals surface area contributed by atoms with Gasteiger partial charge in [0.1, 0.15) is 11.0 Å². The zero-order valence-electron chi connectivity index (χ0n) is 19.7. The molecule has 4 rings (SSSR count). The van der Waals surface area contributed by atoms with Crippen LogP contribution in [0, 0.1) is 6.92 Å². The molecule has 2 aromatic carbocycles. The minimum Gasteiger partial charge on any atom is -0.368 e. The van der Waals surface area contributed by atoms with E-state index in [1.165, 1.54) is 5.69 Å². The lowest BCUT2D eigenvalue weighted by molar-refractivity contribution is -0.116. The number of amides is 1. The van der Waals surface area contributed by atoms with Gasteiger partial charge in [0.05, 0.1) is 4.90 Å². The van der Waals surface area contributed by atoms with Crippen LogP contribution in [0.25, 0.3) is 0 Å². The normalized spacial score (nSPS) is 14.8. The summed E-state index contributed by atoms with van der Waals surface area (Å²) in [6.45, 7) is 6.21. The number of hydrogen-bond acceptors (Lipinski definition) is 5. The minimum atomic E-state index is -1.28. The fourth-order valence-electron chi connectivity index (χ4n) is 3.93. The van der Waals surface area contributed by atoms with Crippen LogP contribution in [0.3, 0.4) is 0 Å². The molecular formula is C26H31N5O2S. The molecule has 2 heterocycles. The highest BCUT2D eigenvalue weighted by Crippen LogP contribution is 2.22. The molecule has 178 valence electrons. The topological polar surface area (TPSA) is 68.8 Å². The van der Waals surface area contributed by atoms with Gasteiger partial charge in [-0.1, -0.05) is 17.7 Å². The first-order valence-corrected chi connectivity index (χ1v) is 12.6. The molecule has 34 heavy (non-hydrogen) atoms. The van der Waals surface area contributed by atoms with Crippen molar-refractivity contribution in [2.24, 2.45) is 0 Å². The number of anilines is 3. The molecule has 1 amide bonds. The Morgan fingerprint density at radius 1 is 0.912 bits per heavy atom. The highest BCUT2D eigenvalue weighted by atomic mass is 32.2. The van der Waals surface area contributed by atoms with E-state index in [4.69, 9.17) is 0 Å². The van der Waals surface area contributed by atoms with E-state index >= 15 is 0 Å².